The van der Waals surface area contributed by atoms with E-state index >= 15 is 0 Å². The molecule has 4 rings (SSSR count). The van der Waals surface area contributed by atoms with Crippen LogP contribution < -0.4 is 0 Å². The van der Waals surface area contributed by atoms with E-state index < -0.39 is 0 Å². The smallest absolute Gasteiger partial charge is 0.267 e. The summed E-state index contributed by atoms with van der Waals surface area (Å²) in [6.45, 7) is 4.71. The van der Waals surface area contributed by atoms with Gasteiger partial charge in [0, 0.05) is 36.1 Å². The molecule has 1 unspecified atom stereocenters. The lowest BCUT2D eigenvalue weighted by atomic mass is 9.88. The molecule has 5 nitrogen and oxygen atoms in total. The van der Waals surface area contributed by atoms with Gasteiger partial charge in [-0.15, -0.1) is 0 Å². The van der Waals surface area contributed by atoms with Crippen molar-refractivity contribution < 1.29 is 14.0 Å². The standard InChI is InChI=1S/C27H33ClFN3O2/c28-23-5-1-2-6-25(30-14-11-23)27(34)32-15-3-4-20(19-32)18-31-16-12-22(13-17-31)26(33)21-7-9-24(29)10-8-21/h1,5,7-11,20,22H,2-4,6,12-19H2. The zero-order chi connectivity index (χ0) is 23.9. The van der Waals surface area contributed by atoms with Gasteiger partial charge in [-0.3, -0.25) is 14.6 Å². The first kappa shape index (κ1) is 24.8. The van der Waals surface area contributed by atoms with Crippen molar-refractivity contribution in [1.82, 2.24) is 9.80 Å². The summed E-state index contributed by atoms with van der Waals surface area (Å²) in [5.41, 5.74) is 1.25. The summed E-state index contributed by atoms with van der Waals surface area (Å²) in [5, 5.41) is 0.665. The summed E-state index contributed by atoms with van der Waals surface area (Å²) in [4.78, 5) is 34.9. The summed E-state index contributed by atoms with van der Waals surface area (Å²) in [6, 6.07) is 5.87. The zero-order valence-corrected chi connectivity index (χ0v) is 20.4. The normalized spacial score (nSPS) is 22.9. The lowest BCUT2D eigenvalue weighted by molar-refractivity contribution is -0.126. The lowest BCUT2D eigenvalue weighted by Crippen LogP contribution is -2.47. The van der Waals surface area contributed by atoms with Crippen molar-refractivity contribution in [2.75, 3.05) is 39.3 Å². The van der Waals surface area contributed by atoms with E-state index in [2.05, 4.69) is 9.89 Å². The van der Waals surface area contributed by atoms with Crippen molar-refractivity contribution >= 4 is 29.0 Å². The first-order valence-corrected chi connectivity index (χ1v) is 12.7. The second-order valence-corrected chi connectivity index (χ2v) is 9.96. The SMILES string of the molecule is O=C(c1ccc(F)cc1)C1CCN(CC2CCCN(C(=O)C3=NCC=C(Cl)C=CCC3)C2)CC1. The number of aliphatic imine (C=N–C) groups is 1. The van der Waals surface area contributed by atoms with E-state index in [4.69, 9.17) is 11.6 Å². The number of hydrogen-bond donors (Lipinski definition) is 0. The number of carbonyl (C=O) groups is 2. The maximum Gasteiger partial charge on any atom is 0.267 e. The Labute approximate surface area is 206 Å². The highest BCUT2D eigenvalue weighted by atomic mass is 35.5. The third kappa shape index (κ3) is 6.63. The molecule has 0 N–H and O–H groups in total. The minimum atomic E-state index is -0.318. The summed E-state index contributed by atoms with van der Waals surface area (Å²) in [5.74, 6) is 0.308. The van der Waals surface area contributed by atoms with Crippen molar-refractivity contribution in [2.45, 2.75) is 38.5 Å². The quantitative estimate of drug-likeness (QED) is 0.559. The van der Waals surface area contributed by atoms with Crippen LogP contribution in [0.1, 0.15) is 48.9 Å². The van der Waals surface area contributed by atoms with Gasteiger partial charge in [-0.25, -0.2) is 4.39 Å². The number of allylic oxidation sites excluding steroid dienone is 3. The first-order chi connectivity index (χ1) is 16.5. The van der Waals surface area contributed by atoms with Crippen molar-refractivity contribution in [3.63, 3.8) is 0 Å². The fraction of sp³-hybridized carbons (Fsp3) is 0.519. The molecule has 34 heavy (non-hydrogen) atoms. The topological polar surface area (TPSA) is 53.0 Å². The van der Waals surface area contributed by atoms with Crippen LogP contribution in [-0.2, 0) is 4.79 Å². The highest BCUT2D eigenvalue weighted by Gasteiger charge is 2.30. The molecule has 1 amide bonds. The number of Topliss-reactive ketones (excluding diaryl/α,β-unsaturated/α-hetero) is 1. The number of hydrogen-bond acceptors (Lipinski definition) is 4. The predicted octanol–water partition coefficient (Wildman–Crippen LogP) is 4.87. The number of halogens is 2. The molecule has 0 bridgehead atoms. The molecular formula is C27H33ClFN3O2. The van der Waals surface area contributed by atoms with Crippen LogP contribution in [-0.4, -0.2) is 66.5 Å². The molecule has 0 aliphatic carbocycles. The summed E-state index contributed by atoms with van der Waals surface area (Å²) in [7, 11) is 0. The van der Waals surface area contributed by atoms with Crippen molar-refractivity contribution in [1.29, 1.82) is 0 Å². The van der Waals surface area contributed by atoms with E-state index in [9.17, 15) is 14.0 Å². The van der Waals surface area contributed by atoms with Crippen molar-refractivity contribution in [3.8, 4) is 0 Å². The van der Waals surface area contributed by atoms with E-state index in [1.807, 2.05) is 23.1 Å². The molecule has 1 atom stereocenters. The summed E-state index contributed by atoms with van der Waals surface area (Å²) < 4.78 is 13.2. The van der Waals surface area contributed by atoms with Gasteiger partial charge in [0.05, 0.1) is 6.54 Å². The van der Waals surface area contributed by atoms with Gasteiger partial charge < -0.3 is 9.80 Å². The molecule has 7 heteroatoms. The van der Waals surface area contributed by atoms with Crippen LogP contribution in [0.3, 0.4) is 0 Å². The fourth-order valence-corrected chi connectivity index (χ4v) is 5.31. The van der Waals surface area contributed by atoms with Gasteiger partial charge in [-0.2, -0.15) is 0 Å². The Balaban J connectivity index is 1.27. The van der Waals surface area contributed by atoms with Crippen LogP contribution >= 0.6 is 11.6 Å². The Bertz CT molecular complexity index is 965. The van der Waals surface area contributed by atoms with Crippen LogP contribution in [0.25, 0.3) is 0 Å². The maximum absolute atomic E-state index is 13.2. The highest BCUT2D eigenvalue weighted by Crippen LogP contribution is 2.25. The van der Waals surface area contributed by atoms with Crippen LogP contribution in [0.2, 0.25) is 0 Å². The highest BCUT2D eigenvalue weighted by molar-refractivity contribution is 6.39. The van der Waals surface area contributed by atoms with E-state index in [0.717, 1.165) is 64.8 Å². The van der Waals surface area contributed by atoms with Gasteiger partial charge in [0.2, 0.25) is 0 Å². The largest absolute Gasteiger partial charge is 0.337 e. The molecule has 1 aromatic rings. The van der Waals surface area contributed by atoms with Gasteiger partial charge in [0.15, 0.2) is 5.78 Å². The van der Waals surface area contributed by atoms with Gasteiger partial charge >= 0.3 is 0 Å². The van der Waals surface area contributed by atoms with Gasteiger partial charge in [0.1, 0.15) is 11.5 Å². The summed E-state index contributed by atoms with van der Waals surface area (Å²) in [6.07, 6.45) is 10.9. The minimum absolute atomic E-state index is 0.00385. The van der Waals surface area contributed by atoms with E-state index in [1.165, 1.54) is 12.1 Å². The Hall–Kier alpha value is -2.31. The Morgan fingerprint density at radius 2 is 1.85 bits per heavy atom. The second-order valence-electron chi connectivity index (χ2n) is 9.52. The maximum atomic E-state index is 13.2. The molecule has 1 aromatic carbocycles. The van der Waals surface area contributed by atoms with Gasteiger partial charge in [-0.05, 0) is 93.9 Å². The lowest BCUT2D eigenvalue weighted by Gasteiger charge is -2.38. The number of amides is 1. The third-order valence-electron chi connectivity index (χ3n) is 7.05. The van der Waals surface area contributed by atoms with E-state index in [0.29, 0.717) is 35.2 Å². The Morgan fingerprint density at radius 3 is 2.62 bits per heavy atom. The van der Waals surface area contributed by atoms with Crippen LogP contribution in [0.15, 0.2) is 52.5 Å². The number of carbonyl (C=O) groups excluding carboxylic acids is 2. The molecule has 3 heterocycles. The number of nitrogens with zero attached hydrogens (tertiary/aromatic N) is 3. The molecular weight excluding hydrogens is 453 g/mol. The number of rotatable bonds is 5. The first-order valence-electron chi connectivity index (χ1n) is 12.4. The number of likely N-dealkylation sites (tertiary alicyclic amines) is 2. The van der Waals surface area contributed by atoms with Crippen LogP contribution in [0.5, 0.6) is 0 Å². The number of benzene rings is 1. The monoisotopic (exact) mass is 485 g/mol. The molecule has 3 aliphatic heterocycles. The average Bonchev–Trinajstić information content (AvgIpc) is 2.96. The number of piperidine rings is 2. The van der Waals surface area contributed by atoms with Crippen LogP contribution in [0, 0.1) is 17.7 Å². The fourth-order valence-electron chi connectivity index (χ4n) is 5.15. The summed E-state index contributed by atoms with van der Waals surface area (Å²) >= 11 is 6.09. The van der Waals surface area contributed by atoms with Gasteiger partial charge in [0.25, 0.3) is 5.91 Å². The van der Waals surface area contributed by atoms with E-state index in [-0.39, 0.29) is 23.4 Å². The molecule has 2 fully saturated rings. The average molecular weight is 486 g/mol. The molecule has 0 aromatic heterocycles. The molecule has 182 valence electrons. The Morgan fingerprint density at radius 1 is 1.09 bits per heavy atom. The molecule has 2 saturated heterocycles. The predicted molar refractivity (Wildman–Crippen MR) is 134 cm³/mol. The molecule has 0 saturated carbocycles. The van der Waals surface area contributed by atoms with E-state index in [1.54, 1.807) is 12.1 Å². The third-order valence-corrected chi connectivity index (χ3v) is 7.33. The molecule has 0 spiro atoms. The van der Waals surface area contributed by atoms with Crippen LogP contribution in [0.4, 0.5) is 4.39 Å². The van der Waals surface area contributed by atoms with Crippen molar-refractivity contribution in [3.05, 3.63) is 58.9 Å². The minimum Gasteiger partial charge on any atom is -0.337 e. The second kappa shape index (κ2) is 11.9. The number of ketones is 1. The zero-order valence-electron chi connectivity index (χ0n) is 19.6. The van der Waals surface area contributed by atoms with Crippen molar-refractivity contribution in [2.24, 2.45) is 16.8 Å². The Kier molecular flexibility index (Phi) is 8.68. The molecule has 3 aliphatic rings. The molecule has 0 radical (unpaired) electrons. The van der Waals surface area contributed by atoms with Gasteiger partial charge in [-0.1, -0.05) is 17.7 Å².